The van der Waals surface area contributed by atoms with Crippen LogP contribution in [0, 0.1) is 0 Å². The van der Waals surface area contributed by atoms with Gasteiger partial charge in [0.1, 0.15) is 5.75 Å². The van der Waals surface area contributed by atoms with Crippen molar-refractivity contribution >= 4 is 10.5 Å². The van der Waals surface area contributed by atoms with Gasteiger partial charge in [-0.3, -0.25) is 0 Å². The molecule has 0 aliphatic carbocycles. The topological polar surface area (TPSA) is 9.23 Å². The first-order valence-electron chi connectivity index (χ1n) is 4.02. The van der Waals surface area contributed by atoms with Crippen LogP contribution in [-0.4, -0.2) is 0 Å². The third kappa shape index (κ3) is 4.87. The van der Waals surface area contributed by atoms with E-state index in [-0.39, 0.29) is 0 Å². The summed E-state index contributed by atoms with van der Waals surface area (Å²) in [7, 11) is -9.83. The Labute approximate surface area is 83.8 Å². The molecule has 0 saturated heterocycles. The normalized spacial score (nSPS) is 16.7. The van der Waals surface area contributed by atoms with Crippen molar-refractivity contribution in [3.05, 3.63) is 29.8 Å². The van der Waals surface area contributed by atoms with Gasteiger partial charge >= 0.3 is 10.5 Å². The molecule has 0 amide bonds. The number of halogens is 5. The number of hydrogen-bond acceptors (Lipinski definition) is 1. The highest BCUT2D eigenvalue weighted by molar-refractivity contribution is 8.42. The predicted molar refractivity (Wildman–Crippen MR) is 49.6 cm³/mol. The second kappa shape index (κ2) is 2.78. The molecule has 0 aromatic heterocycles. The van der Waals surface area contributed by atoms with Crippen molar-refractivity contribution in [2.75, 3.05) is 0 Å². The van der Waals surface area contributed by atoms with Gasteiger partial charge in [-0.2, -0.15) is 0 Å². The van der Waals surface area contributed by atoms with Crippen LogP contribution in [0.2, 0.25) is 0 Å². The van der Waals surface area contributed by atoms with E-state index in [9.17, 15) is 19.4 Å². The Morgan fingerprint density at radius 2 is 1.73 bits per heavy atom. The average molecular weight is 248 g/mol. The average Bonchev–Trinajstić information content (AvgIpc) is 1.99. The first kappa shape index (κ1) is 12.1. The highest BCUT2D eigenvalue weighted by Crippen LogP contribution is 2.97. The van der Waals surface area contributed by atoms with Crippen LogP contribution in [0.1, 0.15) is 12.5 Å². The van der Waals surface area contributed by atoms with E-state index < -0.39 is 16.3 Å². The molecule has 88 valence electrons. The van der Waals surface area contributed by atoms with E-state index in [1.807, 2.05) is 0 Å². The summed E-state index contributed by atoms with van der Waals surface area (Å²) < 4.78 is 62.5. The van der Waals surface area contributed by atoms with E-state index in [0.29, 0.717) is 12.0 Å². The second-order valence-electron chi connectivity index (χ2n) is 2.98. The van der Waals surface area contributed by atoms with Crippen molar-refractivity contribution < 1.29 is 23.6 Å². The van der Waals surface area contributed by atoms with E-state index in [2.05, 4.69) is 4.18 Å². The first-order valence-corrected chi connectivity index (χ1v) is 5.90. The summed E-state index contributed by atoms with van der Waals surface area (Å²) >= 11 is 0. The molecule has 0 heterocycles. The quantitative estimate of drug-likeness (QED) is 0.695. The maximum Gasteiger partial charge on any atom is 0.435 e. The summed E-state index contributed by atoms with van der Waals surface area (Å²) in [6.45, 7) is 1.69. The predicted octanol–water partition coefficient (Wildman–Crippen LogP) is 4.84. The molecule has 1 rings (SSSR count). The lowest BCUT2D eigenvalue weighted by Crippen LogP contribution is -2.14. The molecule has 0 unspecified atom stereocenters. The minimum absolute atomic E-state index is 0.442. The number of hydrogen-bond donors (Lipinski definition) is 0. The lowest BCUT2D eigenvalue weighted by Gasteiger charge is -2.39. The zero-order valence-electron chi connectivity index (χ0n) is 7.72. The highest BCUT2D eigenvalue weighted by Gasteiger charge is 2.67. The lowest BCUT2D eigenvalue weighted by molar-refractivity contribution is 0.243. The van der Waals surface area contributed by atoms with Crippen LogP contribution in [0.3, 0.4) is 0 Å². The van der Waals surface area contributed by atoms with Crippen LogP contribution < -0.4 is 4.18 Å². The van der Waals surface area contributed by atoms with Gasteiger partial charge in [0, 0.05) is 0 Å². The van der Waals surface area contributed by atoms with Crippen molar-refractivity contribution in [1.82, 2.24) is 0 Å². The molecule has 1 aromatic rings. The van der Waals surface area contributed by atoms with E-state index in [1.54, 1.807) is 6.92 Å². The number of aryl methyl sites for hydroxylation is 1. The van der Waals surface area contributed by atoms with Crippen LogP contribution in [-0.2, 0) is 6.42 Å². The Morgan fingerprint density at radius 3 is 2.20 bits per heavy atom. The van der Waals surface area contributed by atoms with Crippen molar-refractivity contribution in [2.24, 2.45) is 0 Å². The molecule has 0 bridgehead atoms. The third-order valence-corrected chi connectivity index (χ3v) is 2.07. The maximum atomic E-state index is 11.9. The summed E-state index contributed by atoms with van der Waals surface area (Å²) in [4.78, 5) is 0. The van der Waals surface area contributed by atoms with Crippen molar-refractivity contribution in [1.29, 1.82) is 0 Å². The van der Waals surface area contributed by atoms with E-state index >= 15 is 0 Å². The molecule has 1 aromatic carbocycles. The maximum absolute atomic E-state index is 11.9. The second-order valence-corrected chi connectivity index (χ2v) is 4.95. The SMILES string of the molecule is CCc1cccc(OS(F)(F)(F)(F)F)c1. The standard InChI is InChI=1S/C8H9F5OS/c1-2-7-4-3-5-8(6-7)14-15(9,10,11,12)13/h3-6H,2H2,1H3. The molecular formula is C8H9F5OS. The Kier molecular flexibility index (Phi) is 2.24. The molecule has 0 saturated carbocycles. The Morgan fingerprint density at radius 1 is 1.13 bits per heavy atom. The van der Waals surface area contributed by atoms with Crippen LogP contribution in [0.15, 0.2) is 24.3 Å². The zero-order chi connectivity index (χ0) is 11.8. The highest BCUT2D eigenvalue weighted by atomic mass is 32.5. The van der Waals surface area contributed by atoms with Crippen molar-refractivity contribution in [2.45, 2.75) is 13.3 Å². The smallest absolute Gasteiger partial charge is 0.355 e. The molecule has 0 spiro atoms. The van der Waals surface area contributed by atoms with Crippen LogP contribution in [0.25, 0.3) is 0 Å². The van der Waals surface area contributed by atoms with Gasteiger partial charge in [-0.05, 0) is 24.1 Å². The van der Waals surface area contributed by atoms with Gasteiger partial charge in [0.2, 0.25) is 0 Å². The fraction of sp³-hybridized carbons (Fsp3) is 0.250. The minimum atomic E-state index is -9.83. The Balaban J connectivity index is 3.01. The molecule has 0 fully saturated rings. The molecular weight excluding hydrogens is 239 g/mol. The van der Waals surface area contributed by atoms with Crippen LogP contribution in [0.5, 0.6) is 5.75 Å². The van der Waals surface area contributed by atoms with Crippen molar-refractivity contribution in [3.8, 4) is 5.75 Å². The van der Waals surface area contributed by atoms with Gasteiger partial charge in [0.05, 0.1) is 0 Å². The Bertz CT molecular complexity index is 371. The third-order valence-electron chi connectivity index (χ3n) is 1.56. The molecule has 0 radical (unpaired) electrons. The monoisotopic (exact) mass is 248 g/mol. The Hall–Kier alpha value is -0.980. The van der Waals surface area contributed by atoms with Gasteiger partial charge in [0.25, 0.3) is 0 Å². The molecule has 0 N–H and O–H groups in total. The lowest BCUT2D eigenvalue weighted by atomic mass is 10.2. The van der Waals surface area contributed by atoms with Gasteiger partial charge in [-0.1, -0.05) is 38.5 Å². The minimum Gasteiger partial charge on any atom is -0.355 e. The van der Waals surface area contributed by atoms with Crippen LogP contribution >= 0.6 is 10.5 Å². The van der Waals surface area contributed by atoms with Gasteiger partial charge in [-0.25, -0.2) is 0 Å². The fourth-order valence-corrected chi connectivity index (χ4v) is 1.47. The summed E-state index contributed by atoms with van der Waals surface area (Å²) in [6.07, 6.45) is 0.442. The van der Waals surface area contributed by atoms with Gasteiger partial charge in [0.15, 0.2) is 0 Å². The summed E-state index contributed by atoms with van der Waals surface area (Å²) in [5, 5.41) is 0. The molecule has 7 heteroatoms. The summed E-state index contributed by atoms with van der Waals surface area (Å²) in [5.41, 5.74) is 0.495. The molecule has 1 nitrogen and oxygen atoms in total. The first-order chi connectivity index (χ1) is 6.49. The molecule has 0 aliphatic rings. The fourth-order valence-electron chi connectivity index (χ4n) is 0.999. The number of rotatable bonds is 3. The molecule has 0 aliphatic heterocycles. The molecule has 15 heavy (non-hydrogen) atoms. The van der Waals surface area contributed by atoms with Gasteiger partial charge < -0.3 is 4.18 Å². The van der Waals surface area contributed by atoms with E-state index in [0.717, 1.165) is 12.1 Å². The van der Waals surface area contributed by atoms with Crippen molar-refractivity contribution in [3.63, 3.8) is 0 Å². The van der Waals surface area contributed by atoms with Crippen LogP contribution in [0.4, 0.5) is 19.4 Å². The van der Waals surface area contributed by atoms with E-state index in [4.69, 9.17) is 0 Å². The van der Waals surface area contributed by atoms with E-state index in [1.165, 1.54) is 12.1 Å². The number of benzene rings is 1. The summed E-state index contributed by atoms with van der Waals surface area (Å²) in [5.74, 6) is -0.881. The summed E-state index contributed by atoms with van der Waals surface area (Å²) in [6, 6.07) is 4.55. The van der Waals surface area contributed by atoms with Gasteiger partial charge in [-0.15, -0.1) is 0 Å². The zero-order valence-corrected chi connectivity index (χ0v) is 8.54. The molecule has 0 atom stereocenters. The largest absolute Gasteiger partial charge is 0.435 e.